The van der Waals surface area contributed by atoms with Crippen molar-refractivity contribution in [2.75, 3.05) is 19.7 Å². The molecule has 142 valence electrons. The molecule has 2 rings (SSSR count). The Bertz CT molecular complexity index is 469. The van der Waals surface area contributed by atoms with E-state index in [1.165, 1.54) is 6.42 Å². The molecule has 0 aromatic rings. The van der Waals surface area contributed by atoms with Crippen LogP contribution in [-0.4, -0.2) is 54.6 Å². The van der Waals surface area contributed by atoms with Crippen molar-refractivity contribution in [2.24, 2.45) is 5.92 Å². The number of esters is 1. The minimum Gasteiger partial charge on any atom is -0.466 e. The summed E-state index contributed by atoms with van der Waals surface area (Å²) in [4.78, 5) is 38.1. The van der Waals surface area contributed by atoms with Crippen molar-refractivity contribution in [3.05, 3.63) is 0 Å². The molecule has 1 heterocycles. The van der Waals surface area contributed by atoms with E-state index < -0.39 is 6.03 Å². The van der Waals surface area contributed by atoms with Crippen LogP contribution in [-0.2, 0) is 14.3 Å². The van der Waals surface area contributed by atoms with Crippen molar-refractivity contribution in [1.29, 1.82) is 0 Å². The van der Waals surface area contributed by atoms with Crippen molar-refractivity contribution >= 4 is 17.9 Å². The highest BCUT2D eigenvalue weighted by Gasteiger charge is 2.31. The van der Waals surface area contributed by atoms with Gasteiger partial charge in [0.2, 0.25) is 5.91 Å². The summed E-state index contributed by atoms with van der Waals surface area (Å²) in [6.07, 6.45) is 6.82. The molecule has 1 aliphatic carbocycles. The number of imide groups is 1. The lowest BCUT2D eigenvalue weighted by molar-refractivity contribution is -0.149. The molecule has 0 unspecified atom stereocenters. The number of hydrogen-bond acceptors (Lipinski definition) is 5. The fraction of sp³-hybridized carbons (Fsp3) is 0.833. The number of nitrogens with zero attached hydrogens (tertiary/aromatic N) is 1. The smallest absolute Gasteiger partial charge is 0.321 e. The number of carbonyl (C=O) groups is 3. The average Bonchev–Trinajstić information content (AvgIpc) is 2.62. The number of nitrogens with one attached hydrogen (secondary N) is 2. The van der Waals surface area contributed by atoms with E-state index in [4.69, 9.17) is 4.74 Å². The second-order valence-corrected chi connectivity index (χ2v) is 7.04. The Morgan fingerprint density at radius 2 is 1.72 bits per heavy atom. The molecule has 7 nitrogen and oxygen atoms in total. The molecular formula is C18H31N3O4. The number of hydrogen-bond donors (Lipinski definition) is 2. The monoisotopic (exact) mass is 353 g/mol. The number of rotatable bonds is 5. The predicted octanol–water partition coefficient (Wildman–Crippen LogP) is 1.81. The number of ether oxygens (including phenoxy) is 1. The maximum absolute atomic E-state index is 12.3. The Labute approximate surface area is 149 Å². The molecule has 1 aliphatic heterocycles. The van der Waals surface area contributed by atoms with Crippen molar-refractivity contribution in [3.8, 4) is 0 Å². The third kappa shape index (κ3) is 5.99. The van der Waals surface area contributed by atoms with Crippen LogP contribution >= 0.6 is 0 Å². The second kappa shape index (κ2) is 9.75. The largest absolute Gasteiger partial charge is 0.466 e. The van der Waals surface area contributed by atoms with Crippen molar-refractivity contribution in [2.45, 2.75) is 70.9 Å². The van der Waals surface area contributed by atoms with E-state index in [-0.39, 0.29) is 29.9 Å². The highest BCUT2D eigenvalue weighted by Crippen LogP contribution is 2.20. The summed E-state index contributed by atoms with van der Waals surface area (Å²) in [6.45, 7) is 5.31. The van der Waals surface area contributed by atoms with E-state index in [1.807, 2.05) is 4.90 Å². The Kier molecular flexibility index (Phi) is 7.68. The van der Waals surface area contributed by atoms with Crippen molar-refractivity contribution in [1.82, 2.24) is 15.5 Å². The Balaban J connectivity index is 1.72. The fourth-order valence-electron chi connectivity index (χ4n) is 3.63. The third-order valence-electron chi connectivity index (χ3n) is 5.25. The molecule has 1 saturated carbocycles. The molecule has 2 fully saturated rings. The van der Waals surface area contributed by atoms with Gasteiger partial charge in [0.1, 0.15) is 0 Å². The van der Waals surface area contributed by atoms with Gasteiger partial charge in [-0.2, -0.15) is 0 Å². The Morgan fingerprint density at radius 3 is 2.32 bits per heavy atom. The van der Waals surface area contributed by atoms with Gasteiger partial charge in [0.15, 0.2) is 0 Å². The molecule has 0 aromatic carbocycles. The van der Waals surface area contributed by atoms with Crippen LogP contribution in [0.1, 0.15) is 58.8 Å². The Hall–Kier alpha value is -1.63. The van der Waals surface area contributed by atoms with Crippen LogP contribution in [0.5, 0.6) is 0 Å². The van der Waals surface area contributed by atoms with Gasteiger partial charge in [-0.3, -0.25) is 19.8 Å². The van der Waals surface area contributed by atoms with E-state index in [0.717, 1.165) is 25.7 Å². The number of piperidine rings is 1. The van der Waals surface area contributed by atoms with Gasteiger partial charge in [-0.1, -0.05) is 19.3 Å². The first-order valence-electron chi connectivity index (χ1n) is 9.53. The van der Waals surface area contributed by atoms with E-state index >= 15 is 0 Å². The van der Waals surface area contributed by atoms with Gasteiger partial charge < -0.3 is 10.1 Å². The van der Waals surface area contributed by atoms with E-state index in [9.17, 15) is 14.4 Å². The SMILES string of the molecule is CCOC(=O)C1CCN([C@@H](C)C(=O)NC(=O)NC2CCCCC2)CC1. The molecule has 1 atom stereocenters. The molecule has 3 amide bonds. The molecule has 25 heavy (non-hydrogen) atoms. The maximum atomic E-state index is 12.3. The lowest BCUT2D eigenvalue weighted by Crippen LogP contribution is -2.53. The van der Waals surface area contributed by atoms with Gasteiger partial charge in [0, 0.05) is 6.04 Å². The first kappa shape index (κ1) is 19.7. The van der Waals surface area contributed by atoms with Gasteiger partial charge in [-0.05, 0) is 52.6 Å². The third-order valence-corrected chi connectivity index (χ3v) is 5.25. The molecular weight excluding hydrogens is 322 g/mol. The predicted molar refractivity (Wildman–Crippen MR) is 93.9 cm³/mol. The van der Waals surface area contributed by atoms with Gasteiger partial charge in [-0.25, -0.2) is 4.79 Å². The highest BCUT2D eigenvalue weighted by atomic mass is 16.5. The number of carbonyl (C=O) groups excluding carboxylic acids is 3. The minimum absolute atomic E-state index is 0.0824. The summed E-state index contributed by atoms with van der Waals surface area (Å²) in [6, 6.07) is -0.609. The fourth-order valence-corrected chi connectivity index (χ4v) is 3.63. The first-order valence-corrected chi connectivity index (χ1v) is 9.53. The topological polar surface area (TPSA) is 87.7 Å². The van der Waals surface area contributed by atoms with Crippen LogP contribution in [0.3, 0.4) is 0 Å². The zero-order valence-electron chi connectivity index (χ0n) is 15.4. The summed E-state index contributed by atoms with van der Waals surface area (Å²) >= 11 is 0. The molecule has 2 N–H and O–H groups in total. The first-order chi connectivity index (χ1) is 12.0. The van der Waals surface area contributed by atoms with Crippen LogP contribution in [0.15, 0.2) is 0 Å². The summed E-state index contributed by atoms with van der Waals surface area (Å²) in [5.41, 5.74) is 0. The van der Waals surface area contributed by atoms with E-state index in [0.29, 0.717) is 32.5 Å². The minimum atomic E-state index is -0.398. The van der Waals surface area contributed by atoms with Crippen molar-refractivity contribution < 1.29 is 19.1 Å². The Morgan fingerprint density at radius 1 is 1.08 bits per heavy atom. The van der Waals surface area contributed by atoms with Crippen LogP contribution in [0.25, 0.3) is 0 Å². The number of likely N-dealkylation sites (tertiary alicyclic amines) is 1. The normalized spacial score (nSPS) is 21.4. The molecule has 7 heteroatoms. The quantitative estimate of drug-likeness (QED) is 0.736. The van der Waals surface area contributed by atoms with Gasteiger partial charge in [0.05, 0.1) is 18.6 Å². The van der Waals surface area contributed by atoms with Crippen LogP contribution in [0, 0.1) is 5.92 Å². The molecule has 1 saturated heterocycles. The lowest BCUT2D eigenvalue weighted by Gasteiger charge is -2.34. The van der Waals surface area contributed by atoms with Crippen LogP contribution < -0.4 is 10.6 Å². The van der Waals surface area contributed by atoms with Gasteiger partial charge in [0.25, 0.3) is 0 Å². The average molecular weight is 353 g/mol. The van der Waals surface area contributed by atoms with E-state index in [2.05, 4.69) is 10.6 Å². The van der Waals surface area contributed by atoms with E-state index in [1.54, 1.807) is 13.8 Å². The molecule has 0 spiro atoms. The molecule has 2 aliphatic rings. The zero-order valence-corrected chi connectivity index (χ0v) is 15.4. The highest BCUT2D eigenvalue weighted by molar-refractivity contribution is 5.96. The van der Waals surface area contributed by atoms with Crippen LogP contribution in [0.2, 0.25) is 0 Å². The number of amides is 3. The molecule has 0 bridgehead atoms. The zero-order chi connectivity index (χ0) is 18.2. The second-order valence-electron chi connectivity index (χ2n) is 7.04. The molecule has 0 aromatic heterocycles. The van der Waals surface area contributed by atoms with Crippen molar-refractivity contribution in [3.63, 3.8) is 0 Å². The van der Waals surface area contributed by atoms with Gasteiger partial charge in [-0.15, -0.1) is 0 Å². The number of urea groups is 1. The summed E-state index contributed by atoms with van der Waals surface area (Å²) < 4.78 is 5.06. The maximum Gasteiger partial charge on any atom is 0.321 e. The summed E-state index contributed by atoms with van der Waals surface area (Å²) in [5.74, 6) is -0.518. The van der Waals surface area contributed by atoms with Gasteiger partial charge >= 0.3 is 12.0 Å². The van der Waals surface area contributed by atoms with Crippen LogP contribution in [0.4, 0.5) is 4.79 Å². The summed E-state index contributed by atoms with van der Waals surface area (Å²) in [7, 11) is 0. The molecule has 0 radical (unpaired) electrons. The standard InChI is InChI=1S/C18H31N3O4/c1-3-25-17(23)14-9-11-21(12-10-14)13(2)16(22)20-18(24)19-15-7-5-4-6-8-15/h13-15H,3-12H2,1-2H3,(H2,19,20,22,24)/t13-/m0/s1. The lowest BCUT2D eigenvalue weighted by atomic mass is 9.95. The summed E-state index contributed by atoms with van der Waals surface area (Å²) in [5, 5.41) is 5.35.